The van der Waals surface area contributed by atoms with E-state index in [9.17, 15) is 0 Å². The highest BCUT2D eigenvalue weighted by molar-refractivity contribution is 5.80. The molecular formula is C16H25N3. The van der Waals surface area contributed by atoms with Crippen molar-refractivity contribution in [2.45, 2.75) is 39.2 Å². The van der Waals surface area contributed by atoms with Crippen LogP contribution < -0.4 is 10.6 Å². The van der Waals surface area contributed by atoms with Crippen LogP contribution in [-0.4, -0.2) is 25.6 Å². The molecular weight excluding hydrogens is 234 g/mol. The normalized spacial score (nSPS) is 22.2. The second-order valence-corrected chi connectivity index (χ2v) is 5.38. The van der Waals surface area contributed by atoms with Gasteiger partial charge in [-0.2, -0.15) is 0 Å². The van der Waals surface area contributed by atoms with E-state index in [0.717, 1.165) is 31.3 Å². The van der Waals surface area contributed by atoms with Gasteiger partial charge in [0.25, 0.3) is 0 Å². The van der Waals surface area contributed by atoms with Gasteiger partial charge in [0.15, 0.2) is 5.96 Å². The summed E-state index contributed by atoms with van der Waals surface area (Å²) in [6.07, 6.45) is 3.40. The van der Waals surface area contributed by atoms with Crippen LogP contribution in [0.1, 0.15) is 31.4 Å². The van der Waals surface area contributed by atoms with E-state index in [4.69, 9.17) is 0 Å². The van der Waals surface area contributed by atoms with Gasteiger partial charge in [0.2, 0.25) is 0 Å². The first-order valence-electron chi connectivity index (χ1n) is 7.28. The maximum absolute atomic E-state index is 4.26. The van der Waals surface area contributed by atoms with Crippen molar-refractivity contribution in [3.8, 4) is 0 Å². The van der Waals surface area contributed by atoms with Gasteiger partial charge in [-0.1, -0.05) is 38.1 Å². The number of hydrogen-bond donors (Lipinski definition) is 2. The zero-order chi connectivity index (χ0) is 13.7. The molecule has 1 fully saturated rings. The van der Waals surface area contributed by atoms with Crippen molar-refractivity contribution in [3.05, 3.63) is 35.4 Å². The Morgan fingerprint density at radius 1 is 1.26 bits per heavy atom. The molecule has 1 aromatic carbocycles. The topological polar surface area (TPSA) is 36.4 Å². The maximum atomic E-state index is 4.26. The smallest absolute Gasteiger partial charge is 0.191 e. The quantitative estimate of drug-likeness (QED) is 0.629. The van der Waals surface area contributed by atoms with Gasteiger partial charge in [-0.3, -0.25) is 4.99 Å². The number of nitrogens with one attached hydrogen (secondary N) is 2. The van der Waals surface area contributed by atoms with Gasteiger partial charge < -0.3 is 10.6 Å². The van der Waals surface area contributed by atoms with E-state index in [1.54, 1.807) is 0 Å². The Morgan fingerprint density at radius 3 is 2.42 bits per heavy atom. The number of guanidine groups is 1. The number of hydrogen-bond acceptors (Lipinski definition) is 1. The fourth-order valence-electron chi connectivity index (χ4n) is 2.16. The first kappa shape index (κ1) is 13.9. The minimum Gasteiger partial charge on any atom is -0.356 e. The van der Waals surface area contributed by atoms with Crippen molar-refractivity contribution in [2.75, 3.05) is 13.6 Å². The molecule has 0 radical (unpaired) electrons. The van der Waals surface area contributed by atoms with Crippen molar-refractivity contribution >= 4 is 5.96 Å². The van der Waals surface area contributed by atoms with E-state index in [1.165, 1.54) is 17.5 Å². The summed E-state index contributed by atoms with van der Waals surface area (Å²) in [6, 6.07) is 9.50. The lowest BCUT2D eigenvalue weighted by molar-refractivity contribution is 0.758. The predicted octanol–water partition coefficient (Wildman–Crippen LogP) is 2.36. The molecule has 1 aliphatic rings. The third-order valence-electron chi connectivity index (χ3n) is 3.79. The van der Waals surface area contributed by atoms with Crippen LogP contribution in [0.4, 0.5) is 0 Å². The van der Waals surface area contributed by atoms with Crippen LogP contribution in [0.3, 0.4) is 0 Å². The molecule has 0 spiro atoms. The standard InChI is InChI=1S/C16H25N3/c1-4-13-5-7-14(8-6-13)9-10-18-16(17-3)19-15-11-12(15)2/h5-8,12,15H,4,9-11H2,1-3H3,(H2,17,18,19). The molecule has 2 atom stereocenters. The average Bonchev–Trinajstić information content (AvgIpc) is 3.13. The van der Waals surface area contributed by atoms with E-state index in [1.807, 2.05) is 7.05 Å². The van der Waals surface area contributed by atoms with Crippen LogP contribution >= 0.6 is 0 Å². The summed E-state index contributed by atoms with van der Waals surface area (Å²) in [5.74, 6) is 1.72. The van der Waals surface area contributed by atoms with E-state index in [0.29, 0.717) is 6.04 Å². The Hall–Kier alpha value is -1.51. The molecule has 0 saturated heterocycles. The molecule has 2 unspecified atom stereocenters. The van der Waals surface area contributed by atoms with Crippen LogP contribution in [0, 0.1) is 5.92 Å². The van der Waals surface area contributed by atoms with E-state index < -0.39 is 0 Å². The van der Waals surface area contributed by atoms with Crippen molar-refractivity contribution in [1.82, 2.24) is 10.6 Å². The molecule has 104 valence electrons. The summed E-state index contributed by atoms with van der Waals surface area (Å²) in [7, 11) is 1.83. The van der Waals surface area contributed by atoms with Gasteiger partial charge in [0.1, 0.15) is 0 Å². The molecule has 2 N–H and O–H groups in total. The number of benzene rings is 1. The largest absolute Gasteiger partial charge is 0.356 e. The highest BCUT2D eigenvalue weighted by Crippen LogP contribution is 2.28. The molecule has 0 aliphatic heterocycles. The van der Waals surface area contributed by atoms with Crippen molar-refractivity contribution in [3.63, 3.8) is 0 Å². The summed E-state index contributed by atoms with van der Waals surface area (Å²) in [6.45, 7) is 5.37. The second kappa shape index (κ2) is 6.60. The molecule has 19 heavy (non-hydrogen) atoms. The third-order valence-corrected chi connectivity index (χ3v) is 3.79. The summed E-state index contributed by atoms with van der Waals surface area (Å²) in [5.41, 5.74) is 2.77. The number of rotatable bonds is 5. The number of aliphatic imine (C=N–C) groups is 1. The summed E-state index contributed by atoms with van der Waals surface area (Å²) in [5, 5.41) is 6.81. The number of aryl methyl sites for hydroxylation is 1. The average molecular weight is 259 g/mol. The van der Waals surface area contributed by atoms with Crippen molar-refractivity contribution < 1.29 is 0 Å². The minimum atomic E-state index is 0.620. The Kier molecular flexibility index (Phi) is 4.83. The monoisotopic (exact) mass is 259 g/mol. The van der Waals surface area contributed by atoms with Crippen LogP contribution in [0.15, 0.2) is 29.3 Å². The molecule has 3 nitrogen and oxygen atoms in total. The van der Waals surface area contributed by atoms with Gasteiger partial charge in [-0.25, -0.2) is 0 Å². The molecule has 0 bridgehead atoms. The van der Waals surface area contributed by atoms with Crippen LogP contribution in [0.5, 0.6) is 0 Å². The Bertz CT molecular complexity index is 422. The Labute approximate surface area is 116 Å². The second-order valence-electron chi connectivity index (χ2n) is 5.38. The predicted molar refractivity (Wildman–Crippen MR) is 81.6 cm³/mol. The summed E-state index contributed by atoms with van der Waals surface area (Å²) in [4.78, 5) is 4.26. The van der Waals surface area contributed by atoms with Gasteiger partial charge in [0, 0.05) is 19.6 Å². The van der Waals surface area contributed by atoms with Crippen LogP contribution in [0.2, 0.25) is 0 Å². The van der Waals surface area contributed by atoms with Gasteiger partial charge >= 0.3 is 0 Å². The maximum Gasteiger partial charge on any atom is 0.191 e. The van der Waals surface area contributed by atoms with Gasteiger partial charge in [0.05, 0.1) is 0 Å². The van der Waals surface area contributed by atoms with Crippen molar-refractivity contribution in [2.24, 2.45) is 10.9 Å². The minimum absolute atomic E-state index is 0.620. The highest BCUT2D eigenvalue weighted by Gasteiger charge is 2.33. The van der Waals surface area contributed by atoms with E-state index in [-0.39, 0.29) is 0 Å². The zero-order valence-electron chi connectivity index (χ0n) is 12.2. The first-order valence-corrected chi connectivity index (χ1v) is 7.28. The third kappa shape index (κ3) is 4.27. The fourth-order valence-corrected chi connectivity index (χ4v) is 2.16. The summed E-state index contributed by atoms with van der Waals surface area (Å²) >= 11 is 0. The molecule has 0 aromatic heterocycles. The lowest BCUT2D eigenvalue weighted by atomic mass is 10.1. The molecule has 2 rings (SSSR count). The van der Waals surface area contributed by atoms with E-state index >= 15 is 0 Å². The Morgan fingerprint density at radius 2 is 1.89 bits per heavy atom. The lowest BCUT2D eigenvalue weighted by Gasteiger charge is -2.11. The zero-order valence-corrected chi connectivity index (χ0v) is 12.2. The molecule has 3 heteroatoms. The van der Waals surface area contributed by atoms with Gasteiger partial charge in [-0.05, 0) is 36.3 Å². The van der Waals surface area contributed by atoms with Gasteiger partial charge in [-0.15, -0.1) is 0 Å². The molecule has 0 amide bonds. The van der Waals surface area contributed by atoms with Crippen molar-refractivity contribution in [1.29, 1.82) is 0 Å². The SMILES string of the molecule is CCc1ccc(CCNC(=NC)NC2CC2C)cc1. The molecule has 1 saturated carbocycles. The number of nitrogens with zero attached hydrogens (tertiary/aromatic N) is 1. The lowest BCUT2D eigenvalue weighted by Crippen LogP contribution is -2.39. The first-order chi connectivity index (χ1) is 9.22. The van der Waals surface area contributed by atoms with Crippen LogP contribution in [-0.2, 0) is 12.8 Å². The van der Waals surface area contributed by atoms with Crippen LogP contribution in [0.25, 0.3) is 0 Å². The fraction of sp³-hybridized carbons (Fsp3) is 0.562. The summed E-state index contributed by atoms with van der Waals surface area (Å²) < 4.78 is 0. The van der Waals surface area contributed by atoms with E-state index in [2.05, 4.69) is 53.7 Å². The highest BCUT2D eigenvalue weighted by atomic mass is 15.2. The molecule has 1 aliphatic carbocycles. The Balaban J connectivity index is 1.72. The molecule has 1 aromatic rings. The molecule has 0 heterocycles.